The average Bonchev–Trinajstić information content (AvgIpc) is 2.86. The van der Waals surface area contributed by atoms with Crippen molar-refractivity contribution < 1.29 is 34.0 Å². The lowest BCUT2D eigenvalue weighted by atomic mass is 10.2. The molecule has 2 amide bonds. The standard InChI is InChI=1S/C8H5ClN2O4.C8H8N2O2.C6H5ClN2O3/c9-4-1-5-8(6(2-4)11(13)14)15-3-7(12)10-5;9-5-2-1-3-6-8(5)12-4-7(11)10-6;7-3-1-4(8)6(10)5(2-3)9(11)12/h1-2H,3H2,(H,10,12);1-3H,4,9H2,(H,10,11);1-2,10H,8H2. The predicted molar refractivity (Wildman–Crippen MR) is 141 cm³/mol. The van der Waals surface area contributed by atoms with Crippen molar-refractivity contribution in [2.24, 2.45) is 0 Å². The third-order valence-corrected chi connectivity index (χ3v) is 5.24. The van der Waals surface area contributed by atoms with Gasteiger partial charge < -0.3 is 36.7 Å². The van der Waals surface area contributed by atoms with Crippen LogP contribution in [0.15, 0.2) is 42.5 Å². The van der Waals surface area contributed by atoms with Crippen LogP contribution in [0.3, 0.4) is 0 Å². The van der Waals surface area contributed by atoms with Crippen molar-refractivity contribution in [2.75, 3.05) is 35.3 Å². The van der Waals surface area contributed by atoms with Crippen LogP contribution in [0.1, 0.15) is 0 Å². The van der Waals surface area contributed by atoms with Gasteiger partial charge in [0, 0.05) is 22.2 Å². The number of benzene rings is 3. The molecule has 3 aromatic carbocycles. The van der Waals surface area contributed by atoms with Gasteiger partial charge in [0.1, 0.15) is 0 Å². The SMILES string of the molecule is Nc1cc(Cl)cc([N+](=O)[O-])c1O.Nc1cccc2c1OCC(=O)N2.O=C1COc2c(cc(Cl)cc2[N+](=O)[O-])N1. The van der Waals surface area contributed by atoms with Gasteiger partial charge in [0.15, 0.2) is 19.0 Å². The lowest BCUT2D eigenvalue weighted by Gasteiger charge is -2.18. The zero-order chi connectivity index (χ0) is 28.9. The molecule has 0 radical (unpaired) electrons. The maximum Gasteiger partial charge on any atom is 0.314 e. The molecule has 204 valence electrons. The fraction of sp³-hybridized carbons (Fsp3) is 0.0909. The highest BCUT2D eigenvalue weighted by Crippen LogP contribution is 2.39. The molecule has 2 heterocycles. The van der Waals surface area contributed by atoms with E-state index in [-0.39, 0.29) is 57.9 Å². The van der Waals surface area contributed by atoms with E-state index in [4.69, 9.17) is 49.2 Å². The first kappa shape index (κ1) is 28.5. The molecule has 17 heteroatoms. The molecule has 0 saturated heterocycles. The Labute approximate surface area is 228 Å². The molecule has 0 aromatic heterocycles. The van der Waals surface area contributed by atoms with Crippen molar-refractivity contribution >= 4 is 69.1 Å². The summed E-state index contributed by atoms with van der Waals surface area (Å²) in [6, 6.07) is 10.1. The first-order chi connectivity index (χ1) is 18.4. The molecule has 0 fully saturated rings. The van der Waals surface area contributed by atoms with E-state index in [0.717, 1.165) is 6.07 Å². The van der Waals surface area contributed by atoms with Crippen molar-refractivity contribution in [3.63, 3.8) is 0 Å². The molecule has 5 rings (SSSR count). The zero-order valence-corrected chi connectivity index (χ0v) is 21.0. The molecule has 0 spiro atoms. The van der Waals surface area contributed by atoms with Crippen LogP contribution >= 0.6 is 23.2 Å². The number of nitrogens with one attached hydrogen (secondary N) is 2. The van der Waals surface area contributed by atoms with E-state index >= 15 is 0 Å². The third-order valence-electron chi connectivity index (χ3n) is 4.80. The monoisotopic (exact) mass is 580 g/mol. The van der Waals surface area contributed by atoms with Crippen LogP contribution in [-0.4, -0.2) is 40.0 Å². The first-order valence-electron chi connectivity index (χ1n) is 10.5. The molecular weight excluding hydrogens is 563 g/mol. The number of nitrogens with zero attached hydrogens (tertiary/aromatic N) is 2. The molecule has 0 bridgehead atoms. The van der Waals surface area contributed by atoms with E-state index in [1.807, 2.05) is 0 Å². The number of nitrogen functional groups attached to an aromatic ring is 2. The van der Waals surface area contributed by atoms with E-state index in [1.165, 1.54) is 18.2 Å². The maximum absolute atomic E-state index is 11.0. The number of ether oxygens (including phenoxy) is 2. The fourth-order valence-electron chi connectivity index (χ4n) is 3.17. The first-order valence-corrected chi connectivity index (χ1v) is 11.3. The summed E-state index contributed by atoms with van der Waals surface area (Å²) < 4.78 is 10.1. The molecule has 2 aliphatic rings. The smallest absolute Gasteiger partial charge is 0.314 e. The number of anilines is 4. The molecule has 0 saturated carbocycles. The van der Waals surface area contributed by atoms with Crippen molar-refractivity contribution in [1.82, 2.24) is 0 Å². The van der Waals surface area contributed by atoms with Crippen molar-refractivity contribution in [1.29, 1.82) is 0 Å². The molecule has 3 aromatic rings. The minimum absolute atomic E-state index is 0.0429. The number of carbonyl (C=O) groups is 2. The summed E-state index contributed by atoms with van der Waals surface area (Å²) >= 11 is 11.1. The Morgan fingerprint density at radius 2 is 1.33 bits per heavy atom. The van der Waals surface area contributed by atoms with Gasteiger partial charge in [-0.1, -0.05) is 29.3 Å². The third kappa shape index (κ3) is 7.06. The van der Waals surface area contributed by atoms with Crippen LogP contribution in [0.2, 0.25) is 10.0 Å². The van der Waals surface area contributed by atoms with Gasteiger partial charge >= 0.3 is 11.4 Å². The van der Waals surface area contributed by atoms with E-state index in [2.05, 4.69) is 10.6 Å². The lowest BCUT2D eigenvalue weighted by molar-refractivity contribution is -0.385. The molecule has 7 N–H and O–H groups in total. The molecule has 0 atom stereocenters. The molecule has 0 aliphatic carbocycles. The van der Waals surface area contributed by atoms with Crippen LogP contribution in [0, 0.1) is 20.2 Å². The van der Waals surface area contributed by atoms with Gasteiger partial charge in [0.05, 0.1) is 32.6 Å². The Hall–Kier alpha value is -5.02. The highest BCUT2D eigenvalue weighted by atomic mass is 35.5. The number of nitro groups is 2. The van der Waals surface area contributed by atoms with E-state index in [1.54, 1.807) is 18.2 Å². The summed E-state index contributed by atoms with van der Waals surface area (Å²) in [5.41, 5.74) is 11.4. The van der Waals surface area contributed by atoms with Crippen molar-refractivity contribution in [2.45, 2.75) is 0 Å². The highest BCUT2D eigenvalue weighted by molar-refractivity contribution is 6.31. The molecular formula is C22H18Cl2N6O9. The summed E-state index contributed by atoms with van der Waals surface area (Å²) in [6.07, 6.45) is 0. The summed E-state index contributed by atoms with van der Waals surface area (Å²) in [5, 5.41) is 35.4. The normalized spacial score (nSPS) is 12.8. The lowest BCUT2D eigenvalue weighted by Crippen LogP contribution is -2.25. The number of amides is 2. The van der Waals surface area contributed by atoms with Crippen LogP contribution in [-0.2, 0) is 9.59 Å². The second-order valence-corrected chi connectivity index (χ2v) is 8.45. The summed E-state index contributed by atoms with van der Waals surface area (Å²) in [5.74, 6) is -0.447. The van der Waals surface area contributed by atoms with E-state index < -0.39 is 21.3 Å². The Bertz CT molecular complexity index is 1480. The molecule has 0 unspecified atom stereocenters. The second-order valence-electron chi connectivity index (χ2n) is 7.58. The number of para-hydroxylation sites is 1. The Kier molecular flexibility index (Phi) is 8.80. The van der Waals surface area contributed by atoms with Crippen LogP contribution in [0.5, 0.6) is 17.2 Å². The number of phenols is 1. The van der Waals surface area contributed by atoms with Crippen LogP contribution in [0.25, 0.3) is 0 Å². The van der Waals surface area contributed by atoms with E-state index in [0.29, 0.717) is 17.1 Å². The molecule has 2 aliphatic heterocycles. The predicted octanol–water partition coefficient (Wildman–Crippen LogP) is 3.71. The van der Waals surface area contributed by atoms with Crippen LogP contribution < -0.4 is 31.6 Å². The number of nitro benzene ring substituents is 2. The fourth-order valence-corrected chi connectivity index (χ4v) is 3.60. The van der Waals surface area contributed by atoms with Gasteiger partial charge in [-0.3, -0.25) is 29.8 Å². The number of rotatable bonds is 2. The highest BCUT2D eigenvalue weighted by Gasteiger charge is 2.26. The Morgan fingerprint density at radius 1 is 0.795 bits per heavy atom. The van der Waals surface area contributed by atoms with Gasteiger partial charge in [-0.15, -0.1) is 0 Å². The minimum atomic E-state index is -0.752. The number of carbonyl (C=O) groups excluding carboxylic acids is 2. The number of fused-ring (bicyclic) bond motifs is 2. The number of phenolic OH excluding ortho intramolecular Hbond substituents is 1. The maximum atomic E-state index is 11.0. The number of aromatic hydroxyl groups is 1. The quantitative estimate of drug-likeness (QED) is 0.127. The van der Waals surface area contributed by atoms with Gasteiger partial charge in [-0.05, 0) is 24.3 Å². The zero-order valence-electron chi connectivity index (χ0n) is 19.5. The summed E-state index contributed by atoms with van der Waals surface area (Å²) in [4.78, 5) is 41.4. The summed E-state index contributed by atoms with van der Waals surface area (Å²) in [7, 11) is 0. The van der Waals surface area contributed by atoms with E-state index in [9.17, 15) is 29.8 Å². The van der Waals surface area contributed by atoms with Gasteiger partial charge in [0.2, 0.25) is 11.5 Å². The number of halogens is 2. The van der Waals surface area contributed by atoms with Crippen molar-refractivity contribution in [3.8, 4) is 17.2 Å². The Balaban J connectivity index is 0.000000163. The largest absolute Gasteiger partial charge is 0.501 e. The molecule has 15 nitrogen and oxygen atoms in total. The number of nitrogens with two attached hydrogens (primary N) is 2. The Morgan fingerprint density at radius 3 is 1.95 bits per heavy atom. The van der Waals surface area contributed by atoms with Gasteiger partial charge in [-0.25, -0.2) is 0 Å². The second kappa shape index (κ2) is 12.0. The van der Waals surface area contributed by atoms with Crippen molar-refractivity contribution in [3.05, 3.63) is 72.7 Å². The topological polar surface area (TPSA) is 235 Å². The van der Waals surface area contributed by atoms with Crippen LogP contribution in [0.4, 0.5) is 34.1 Å². The number of hydrogen-bond donors (Lipinski definition) is 5. The number of hydrogen-bond acceptors (Lipinski definition) is 11. The molecule has 39 heavy (non-hydrogen) atoms. The summed E-state index contributed by atoms with van der Waals surface area (Å²) in [6.45, 7) is -0.184. The minimum Gasteiger partial charge on any atom is -0.501 e. The van der Waals surface area contributed by atoms with Gasteiger partial charge in [-0.2, -0.15) is 0 Å². The van der Waals surface area contributed by atoms with Gasteiger partial charge in [0.25, 0.3) is 11.8 Å². The average molecular weight is 581 g/mol.